The molecule has 0 fully saturated rings. The Balaban J connectivity index is 2.71. The van der Waals surface area contributed by atoms with Crippen LogP contribution in [-0.2, 0) is 13.8 Å². The summed E-state index contributed by atoms with van der Waals surface area (Å²) < 4.78 is 22.4. The molecule has 0 radical (unpaired) electrons. The summed E-state index contributed by atoms with van der Waals surface area (Å²) in [5, 5.41) is 2.83. The SMILES string of the molecule is CC(C)CC(=O)NC(C)c1ccc(S(=O)(=O)Cl)s1. The van der Waals surface area contributed by atoms with Crippen LogP contribution < -0.4 is 5.32 Å². The first kappa shape index (κ1) is 15.5. The molecule has 1 N–H and O–H groups in total. The summed E-state index contributed by atoms with van der Waals surface area (Å²) >= 11 is 1.07. The van der Waals surface area contributed by atoms with Crippen LogP contribution in [0.25, 0.3) is 0 Å². The fourth-order valence-electron chi connectivity index (χ4n) is 1.44. The van der Waals surface area contributed by atoms with E-state index >= 15 is 0 Å². The lowest BCUT2D eigenvalue weighted by molar-refractivity contribution is -0.122. The first-order valence-electron chi connectivity index (χ1n) is 5.54. The molecule has 1 rings (SSSR count). The van der Waals surface area contributed by atoms with Crippen LogP contribution in [-0.4, -0.2) is 14.3 Å². The van der Waals surface area contributed by atoms with Crippen molar-refractivity contribution in [2.75, 3.05) is 0 Å². The molecular formula is C11H16ClNO3S2. The molecule has 1 aromatic rings. The second-order valence-corrected chi connectivity index (χ2v) is 8.39. The number of carbonyl (C=O) groups is 1. The van der Waals surface area contributed by atoms with Gasteiger partial charge in [-0.25, -0.2) is 8.42 Å². The Morgan fingerprint density at radius 3 is 2.44 bits per heavy atom. The van der Waals surface area contributed by atoms with Crippen molar-refractivity contribution in [3.63, 3.8) is 0 Å². The zero-order valence-corrected chi connectivity index (χ0v) is 12.8. The lowest BCUT2D eigenvalue weighted by Crippen LogP contribution is -2.26. The standard InChI is InChI=1S/C11H16ClNO3S2/c1-7(2)6-10(14)13-8(3)9-4-5-11(17-9)18(12,15)16/h4-5,7-8H,6H2,1-3H3,(H,13,14). The van der Waals surface area contributed by atoms with Crippen LogP contribution in [0.4, 0.5) is 0 Å². The van der Waals surface area contributed by atoms with Crippen LogP contribution in [0.5, 0.6) is 0 Å². The predicted octanol–water partition coefficient (Wildman–Crippen LogP) is 2.90. The van der Waals surface area contributed by atoms with E-state index in [0.29, 0.717) is 12.3 Å². The van der Waals surface area contributed by atoms with Gasteiger partial charge in [-0.2, -0.15) is 0 Å². The van der Waals surface area contributed by atoms with Gasteiger partial charge in [-0.3, -0.25) is 4.79 Å². The Morgan fingerprint density at radius 2 is 2.00 bits per heavy atom. The molecule has 102 valence electrons. The minimum absolute atomic E-state index is 0.0406. The highest BCUT2D eigenvalue weighted by Gasteiger charge is 2.17. The predicted molar refractivity (Wildman–Crippen MR) is 73.4 cm³/mol. The van der Waals surface area contributed by atoms with Gasteiger partial charge in [-0.1, -0.05) is 13.8 Å². The van der Waals surface area contributed by atoms with Gasteiger partial charge >= 0.3 is 0 Å². The number of nitrogens with one attached hydrogen (secondary N) is 1. The van der Waals surface area contributed by atoms with E-state index in [2.05, 4.69) is 5.32 Å². The van der Waals surface area contributed by atoms with E-state index in [0.717, 1.165) is 16.2 Å². The quantitative estimate of drug-likeness (QED) is 0.851. The van der Waals surface area contributed by atoms with Gasteiger partial charge in [0.15, 0.2) is 0 Å². The second-order valence-electron chi connectivity index (χ2n) is 4.48. The molecule has 0 saturated carbocycles. The maximum absolute atomic E-state index is 11.6. The first-order valence-corrected chi connectivity index (χ1v) is 8.66. The smallest absolute Gasteiger partial charge is 0.270 e. The number of amides is 1. The third kappa shape index (κ3) is 4.59. The van der Waals surface area contributed by atoms with Gasteiger partial charge in [0.05, 0.1) is 6.04 Å². The van der Waals surface area contributed by atoms with Crippen LogP contribution in [0.3, 0.4) is 0 Å². The van der Waals surface area contributed by atoms with E-state index in [1.54, 1.807) is 6.07 Å². The molecule has 1 amide bonds. The van der Waals surface area contributed by atoms with Crippen molar-refractivity contribution >= 4 is 37.0 Å². The van der Waals surface area contributed by atoms with Gasteiger partial charge < -0.3 is 5.32 Å². The van der Waals surface area contributed by atoms with Gasteiger partial charge in [0.25, 0.3) is 9.05 Å². The lowest BCUT2D eigenvalue weighted by Gasteiger charge is -2.13. The normalized spacial score (nSPS) is 13.6. The Kier molecular flexibility index (Phi) is 5.19. The van der Waals surface area contributed by atoms with Gasteiger partial charge in [-0.15, -0.1) is 11.3 Å². The highest BCUT2D eigenvalue weighted by atomic mass is 35.7. The van der Waals surface area contributed by atoms with E-state index in [9.17, 15) is 13.2 Å². The number of carbonyl (C=O) groups excluding carboxylic acids is 1. The van der Waals surface area contributed by atoms with Gasteiger partial charge in [0, 0.05) is 22.0 Å². The zero-order valence-electron chi connectivity index (χ0n) is 10.4. The van der Waals surface area contributed by atoms with E-state index in [-0.39, 0.29) is 16.2 Å². The summed E-state index contributed by atoms with van der Waals surface area (Å²) in [6, 6.07) is 2.90. The van der Waals surface area contributed by atoms with Crippen LogP contribution in [0.1, 0.15) is 38.1 Å². The average Bonchev–Trinajstić information content (AvgIpc) is 2.63. The molecule has 7 heteroatoms. The van der Waals surface area contributed by atoms with E-state index in [1.807, 2.05) is 20.8 Å². The third-order valence-electron chi connectivity index (χ3n) is 2.24. The lowest BCUT2D eigenvalue weighted by atomic mass is 10.1. The molecule has 1 aromatic heterocycles. The van der Waals surface area contributed by atoms with Crippen molar-refractivity contribution in [2.45, 2.75) is 37.4 Å². The first-order chi connectivity index (χ1) is 8.20. The summed E-state index contributed by atoms with van der Waals surface area (Å²) in [5.74, 6) is 0.250. The minimum atomic E-state index is -3.68. The Morgan fingerprint density at radius 1 is 1.39 bits per heavy atom. The number of halogens is 1. The zero-order chi connectivity index (χ0) is 13.9. The summed E-state index contributed by atoms with van der Waals surface area (Å²) in [5.41, 5.74) is 0. The van der Waals surface area contributed by atoms with Crippen molar-refractivity contribution in [3.05, 3.63) is 17.0 Å². The molecule has 0 aromatic carbocycles. The molecule has 18 heavy (non-hydrogen) atoms. The van der Waals surface area contributed by atoms with E-state index < -0.39 is 9.05 Å². The molecule has 0 saturated heterocycles. The summed E-state index contributed by atoms with van der Waals surface area (Å²) in [6.45, 7) is 5.75. The Hall–Kier alpha value is -0.590. The molecule has 0 spiro atoms. The largest absolute Gasteiger partial charge is 0.349 e. The molecule has 0 aliphatic heterocycles. The van der Waals surface area contributed by atoms with Crippen LogP contribution in [0.2, 0.25) is 0 Å². The average molecular weight is 310 g/mol. The minimum Gasteiger partial charge on any atom is -0.349 e. The van der Waals surface area contributed by atoms with Crippen LogP contribution in [0.15, 0.2) is 16.3 Å². The van der Waals surface area contributed by atoms with Gasteiger partial charge in [0.2, 0.25) is 5.91 Å². The van der Waals surface area contributed by atoms with E-state index in [4.69, 9.17) is 10.7 Å². The van der Waals surface area contributed by atoms with Crippen molar-refractivity contribution in [3.8, 4) is 0 Å². The maximum Gasteiger partial charge on any atom is 0.270 e. The van der Waals surface area contributed by atoms with Gasteiger partial charge in [0.1, 0.15) is 4.21 Å². The Labute approximate surface area is 116 Å². The molecule has 1 unspecified atom stereocenters. The van der Waals surface area contributed by atoms with Crippen LogP contribution in [0, 0.1) is 5.92 Å². The molecular weight excluding hydrogens is 294 g/mol. The molecule has 1 atom stereocenters. The summed E-state index contributed by atoms with van der Waals surface area (Å²) in [7, 11) is 1.56. The number of hydrogen-bond donors (Lipinski definition) is 1. The molecule has 0 aliphatic rings. The van der Waals surface area contributed by atoms with Crippen molar-refractivity contribution in [1.82, 2.24) is 5.32 Å². The molecule has 0 bridgehead atoms. The number of thiophene rings is 1. The summed E-state index contributed by atoms with van der Waals surface area (Å²) in [6.07, 6.45) is 0.455. The van der Waals surface area contributed by atoms with Crippen molar-refractivity contribution < 1.29 is 13.2 Å². The van der Waals surface area contributed by atoms with Crippen molar-refractivity contribution in [1.29, 1.82) is 0 Å². The Bertz CT molecular complexity index is 522. The molecule has 4 nitrogen and oxygen atoms in total. The number of hydrogen-bond acceptors (Lipinski definition) is 4. The van der Waals surface area contributed by atoms with Gasteiger partial charge in [-0.05, 0) is 25.0 Å². The molecule has 0 aliphatic carbocycles. The fraction of sp³-hybridized carbons (Fsp3) is 0.545. The highest BCUT2D eigenvalue weighted by Crippen LogP contribution is 2.28. The second kappa shape index (κ2) is 6.04. The molecule has 1 heterocycles. The van der Waals surface area contributed by atoms with E-state index in [1.165, 1.54) is 6.07 Å². The van der Waals surface area contributed by atoms with Crippen LogP contribution >= 0.6 is 22.0 Å². The monoisotopic (exact) mass is 309 g/mol. The van der Waals surface area contributed by atoms with Crippen molar-refractivity contribution in [2.24, 2.45) is 5.92 Å². The fourth-order valence-corrected chi connectivity index (χ4v) is 3.54. The number of rotatable bonds is 5. The summed E-state index contributed by atoms with van der Waals surface area (Å²) in [4.78, 5) is 12.4. The highest BCUT2D eigenvalue weighted by molar-refractivity contribution is 8.15. The topological polar surface area (TPSA) is 63.2 Å². The maximum atomic E-state index is 11.6. The third-order valence-corrected chi connectivity index (χ3v) is 5.60.